The van der Waals surface area contributed by atoms with Gasteiger partial charge in [-0.3, -0.25) is 0 Å². The molecule has 2 heterocycles. The van der Waals surface area contributed by atoms with Crippen molar-refractivity contribution in [1.82, 2.24) is 5.32 Å². The number of hydrogen-bond donors (Lipinski definition) is 1. The second kappa shape index (κ2) is 6.41. The number of hydrogen-bond acceptors (Lipinski definition) is 4. The average Bonchev–Trinajstić information content (AvgIpc) is 3.02. The lowest BCUT2D eigenvalue weighted by Crippen LogP contribution is -2.24. The second-order valence-corrected chi connectivity index (χ2v) is 5.33. The van der Waals surface area contributed by atoms with Crippen molar-refractivity contribution >= 4 is 11.6 Å². The molecule has 112 valence electrons. The minimum atomic E-state index is -0.0942. The zero-order valence-electron chi connectivity index (χ0n) is 11.9. The van der Waals surface area contributed by atoms with Crippen LogP contribution in [0.4, 0.5) is 0 Å². The fraction of sp³-hybridized carbons (Fsp3) is 0.375. The molecule has 2 aromatic rings. The zero-order chi connectivity index (χ0) is 14.7. The van der Waals surface area contributed by atoms with Crippen LogP contribution in [0.25, 0.3) is 0 Å². The van der Waals surface area contributed by atoms with Crippen molar-refractivity contribution < 1.29 is 13.9 Å². The molecule has 0 saturated heterocycles. The molecule has 1 N–H and O–H groups in total. The quantitative estimate of drug-likeness (QED) is 0.912. The van der Waals surface area contributed by atoms with Gasteiger partial charge >= 0.3 is 0 Å². The number of fused-ring (bicyclic) bond motifs is 1. The Morgan fingerprint density at radius 3 is 2.67 bits per heavy atom. The smallest absolute Gasteiger partial charge is 0.162 e. The number of benzene rings is 1. The van der Waals surface area contributed by atoms with E-state index in [1.807, 2.05) is 24.3 Å². The maximum absolute atomic E-state index is 6.43. The molecule has 1 aliphatic heterocycles. The zero-order valence-corrected chi connectivity index (χ0v) is 12.7. The van der Waals surface area contributed by atoms with E-state index < -0.39 is 0 Å². The molecule has 1 atom stereocenters. The van der Waals surface area contributed by atoms with Gasteiger partial charge in [-0.2, -0.15) is 0 Å². The Balaban J connectivity index is 1.98. The lowest BCUT2D eigenvalue weighted by atomic mass is 10.0. The highest BCUT2D eigenvalue weighted by atomic mass is 35.5. The monoisotopic (exact) mass is 307 g/mol. The number of rotatable bonds is 5. The van der Waals surface area contributed by atoms with E-state index in [-0.39, 0.29) is 6.04 Å². The predicted octanol–water partition coefficient (Wildman–Crippen LogP) is 3.79. The van der Waals surface area contributed by atoms with Gasteiger partial charge < -0.3 is 19.2 Å². The van der Waals surface area contributed by atoms with Crippen molar-refractivity contribution in [3.63, 3.8) is 0 Å². The third-order valence-corrected chi connectivity index (χ3v) is 3.73. The van der Waals surface area contributed by atoms with Crippen LogP contribution < -0.4 is 14.8 Å². The SMILES string of the molecule is CCCNC(c1ccco1)c1cc2c(cc1Cl)OCCO2. The summed E-state index contributed by atoms with van der Waals surface area (Å²) in [6.45, 7) is 4.11. The summed E-state index contributed by atoms with van der Waals surface area (Å²) in [5.41, 5.74) is 0.935. The molecular weight excluding hydrogens is 290 g/mol. The first kappa shape index (κ1) is 14.3. The Morgan fingerprint density at radius 1 is 1.24 bits per heavy atom. The largest absolute Gasteiger partial charge is 0.486 e. The first-order chi connectivity index (χ1) is 10.3. The Labute approximate surface area is 129 Å². The van der Waals surface area contributed by atoms with Crippen LogP contribution in [-0.2, 0) is 0 Å². The molecule has 0 radical (unpaired) electrons. The summed E-state index contributed by atoms with van der Waals surface area (Å²) in [6, 6.07) is 7.48. The van der Waals surface area contributed by atoms with Crippen molar-refractivity contribution in [3.8, 4) is 11.5 Å². The van der Waals surface area contributed by atoms with E-state index in [2.05, 4.69) is 12.2 Å². The highest BCUT2D eigenvalue weighted by Crippen LogP contribution is 2.39. The summed E-state index contributed by atoms with van der Waals surface area (Å²) in [4.78, 5) is 0. The molecular formula is C16H18ClNO3. The predicted molar refractivity (Wildman–Crippen MR) is 81.3 cm³/mol. The van der Waals surface area contributed by atoms with Crippen molar-refractivity contribution in [3.05, 3.63) is 46.9 Å². The van der Waals surface area contributed by atoms with Gasteiger partial charge in [-0.05, 0) is 36.7 Å². The molecule has 0 aliphatic carbocycles. The van der Waals surface area contributed by atoms with Crippen LogP contribution in [0.3, 0.4) is 0 Å². The van der Waals surface area contributed by atoms with Crippen molar-refractivity contribution in [2.45, 2.75) is 19.4 Å². The third kappa shape index (κ3) is 3.01. The van der Waals surface area contributed by atoms with Gasteiger partial charge in [0, 0.05) is 11.1 Å². The van der Waals surface area contributed by atoms with E-state index in [9.17, 15) is 0 Å². The molecule has 1 aromatic carbocycles. The molecule has 0 bridgehead atoms. The van der Waals surface area contributed by atoms with E-state index in [1.165, 1.54) is 0 Å². The highest BCUT2D eigenvalue weighted by molar-refractivity contribution is 6.31. The number of nitrogens with one attached hydrogen (secondary N) is 1. The molecule has 0 fully saturated rings. The van der Waals surface area contributed by atoms with Gasteiger partial charge in [0.25, 0.3) is 0 Å². The van der Waals surface area contributed by atoms with Gasteiger partial charge in [0.1, 0.15) is 19.0 Å². The lowest BCUT2D eigenvalue weighted by Gasteiger charge is -2.23. The highest BCUT2D eigenvalue weighted by Gasteiger charge is 2.23. The molecule has 1 aromatic heterocycles. The summed E-state index contributed by atoms with van der Waals surface area (Å²) < 4.78 is 16.8. The second-order valence-electron chi connectivity index (χ2n) is 4.92. The number of halogens is 1. The maximum Gasteiger partial charge on any atom is 0.162 e. The molecule has 0 saturated carbocycles. The van der Waals surface area contributed by atoms with Crippen LogP contribution in [0.15, 0.2) is 34.9 Å². The average molecular weight is 308 g/mol. The van der Waals surface area contributed by atoms with Crippen LogP contribution in [0.5, 0.6) is 11.5 Å². The Kier molecular flexibility index (Phi) is 4.36. The van der Waals surface area contributed by atoms with E-state index in [0.717, 1.165) is 30.0 Å². The van der Waals surface area contributed by atoms with Crippen molar-refractivity contribution in [2.75, 3.05) is 19.8 Å². The van der Waals surface area contributed by atoms with Crippen molar-refractivity contribution in [2.24, 2.45) is 0 Å². The van der Waals surface area contributed by atoms with E-state index in [4.69, 9.17) is 25.5 Å². The Morgan fingerprint density at radius 2 is 2.00 bits per heavy atom. The Bertz CT molecular complexity index is 598. The Hall–Kier alpha value is -1.65. The van der Waals surface area contributed by atoms with Crippen molar-refractivity contribution in [1.29, 1.82) is 0 Å². The lowest BCUT2D eigenvalue weighted by molar-refractivity contribution is 0.171. The third-order valence-electron chi connectivity index (χ3n) is 3.40. The minimum Gasteiger partial charge on any atom is -0.486 e. The summed E-state index contributed by atoms with van der Waals surface area (Å²) >= 11 is 6.43. The molecule has 3 rings (SSSR count). The minimum absolute atomic E-state index is 0.0942. The molecule has 0 spiro atoms. The van der Waals surface area contributed by atoms with Crippen LogP contribution in [-0.4, -0.2) is 19.8 Å². The first-order valence-corrected chi connectivity index (χ1v) is 7.53. The molecule has 5 heteroatoms. The molecule has 1 unspecified atom stereocenters. The maximum atomic E-state index is 6.43. The fourth-order valence-corrected chi connectivity index (χ4v) is 2.67. The van der Waals surface area contributed by atoms with Gasteiger partial charge in [0.15, 0.2) is 11.5 Å². The molecule has 1 aliphatic rings. The summed E-state index contributed by atoms with van der Waals surface area (Å²) in [7, 11) is 0. The van der Waals surface area contributed by atoms with E-state index in [1.54, 1.807) is 6.26 Å². The fourth-order valence-electron chi connectivity index (χ4n) is 2.41. The van der Waals surface area contributed by atoms with Gasteiger partial charge in [-0.15, -0.1) is 0 Å². The summed E-state index contributed by atoms with van der Waals surface area (Å²) in [5, 5.41) is 4.10. The number of furan rings is 1. The van der Waals surface area contributed by atoms with Crippen LogP contribution in [0.1, 0.15) is 30.7 Å². The first-order valence-electron chi connectivity index (χ1n) is 7.15. The van der Waals surface area contributed by atoms with Crippen LogP contribution in [0.2, 0.25) is 5.02 Å². The molecule has 21 heavy (non-hydrogen) atoms. The number of ether oxygens (including phenoxy) is 2. The molecule has 0 amide bonds. The van der Waals surface area contributed by atoms with Gasteiger partial charge in [-0.1, -0.05) is 18.5 Å². The van der Waals surface area contributed by atoms with Gasteiger partial charge in [0.2, 0.25) is 0 Å². The molecule has 4 nitrogen and oxygen atoms in total. The topological polar surface area (TPSA) is 43.6 Å². The standard InChI is InChI=1S/C16H18ClNO3/c1-2-5-18-16(13-4-3-6-19-13)11-9-14-15(10-12(11)17)21-8-7-20-14/h3-4,6,9-10,16,18H,2,5,7-8H2,1H3. The van der Waals surface area contributed by atoms with E-state index >= 15 is 0 Å². The van der Waals surface area contributed by atoms with Crippen LogP contribution >= 0.6 is 11.6 Å². The normalized spacial score (nSPS) is 15.0. The summed E-state index contributed by atoms with van der Waals surface area (Å²) in [5.74, 6) is 2.27. The van der Waals surface area contributed by atoms with Gasteiger partial charge in [0.05, 0.1) is 12.3 Å². The van der Waals surface area contributed by atoms with Gasteiger partial charge in [-0.25, -0.2) is 0 Å². The van der Waals surface area contributed by atoms with E-state index in [0.29, 0.717) is 24.0 Å². The summed E-state index contributed by atoms with van der Waals surface area (Å²) in [6.07, 6.45) is 2.70. The van der Waals surface area contributed by atoms with Crippen LogP contribution in [0, 0.1) is 0 Å².